The number of rotatable bonds is 5. The number of ether oxygens (including phenoxy) is 2. The molecule has 1 rings (SSSR count). The molecule has 1 aromatic carbocycles. The highest BCUT2D eigenvalue weighted by molar-refractivity contribution is 9.10. The third-order valence-corrected chi connectivity index (χ3v) is 3.47. The molecular weight excluding hydrogens is 352 g/mol. The molecule has 3 nitrogen and oxygen atoms in total. The third-order valence-electron chi connectivity index (χ3n) is 2.09. The van der Waals surface area contributed by atoms with Gasteiger partial charge in [0.15, 0.2) is 6.10 Å². The van der Waals surface area contributed by atoms with Gasteiger partial charge in [0, 0.05) is 9.80 Å². The molecule has 0 aliphatic carbocycles. The van der Waals surface area contributed by atoms with Crippen molar-refractivity contribution < 1.29 is 14.3 Å². The van der Waals surface area contributed by atoms with Crippen LogP contribution in [0.3, 0.4) is 0 Å². The molecule has 0 heterocycles. The van der Waals surface area contributed by atoms with Crippen molar-refractivity contribution in [3.63, 3.8) is 0 Å². The van der Waals surface area contributed by atoms with Gasteiger partial charge in [-0.15, -0.1) is 0 Å². The molecule has 0 saturated heterocycles. The minimum absolute atomic E-state index is 0.351. The molecule has 0 bridgehead atoms. The maximum Gasteiger partial charge on any atom is 0.347 e. The van der Waals surface area contributed by atoms with E-state index in [4.69, 9.17) is 9.47 Å². The molecule has 1 atom stereocenters. The van der Waals surface area contributed by atoms with Gasteiger partial charge in [-0.25, -0.2) is 4.79 Å². The maximum absolute atomic E-state index is 11.4. The van der Waals surface area contributed by atoms with Crippen molar-refractivity contribution in [1.82, 2.24) is 0 Å². The Hall–Kier alpha value is -0.550. The normalized spacial score (nSPS) is 12.0. The number of carbonyl (C=O) groups is 1. The van der Waals surface area contributed by atoms with E-state index in [2.05, 4.69) is 31.9 Å². The SMILES string of the molecule is CCOC(=O)C(C)Oc1ccc(Br)c(CBr)c1. The van der Waals surface area contributed by atoms with E-state index in [9.17, 15) is 4.79 Å². The van der Waals surface area contributed by atoms with Crippen molar-refractivity contribution >= 4 is 37.8 Å². The molecule has 0 amide bonds. The van der Waals surface area contributed by atoms with Gasteiger partial charge in [0.2, 0.25) is 0 Å². The molecule has 0 aromatic heterocycles. The molecule has 94 valence electrons. The Bertz CT molecular complexity index is 393. The minimum atomic E-state index is -0.598. The van der Waals surface area contributed by atoms with E-state index in [1.165, 1.54) is 0 Å². The summed E-state index contributed by atoms with van der Waals surface area (Å²) < 4.78 is 11.4. The summed E-state index contributed by atoms with van der Waals surface area (Å²) in [7, 11) is 0. The van der Waals surface area contributed by atoms with E-state index < -0.39 is 6.10 Å². The predicted octanol–water partition coefficient (Wildman–Crippen LogP) is 3.67. The zero-order valence-corrected chi connectivity index (χ0v) is 12.9. The fourth-order valence-corrected chi connectivity index (χ4v) is 2.47. The molecule has 0 aliphatic heterocycles. The quantitative estimate of drug-likeness (QED) is 0.589. The predicted molar refractivity (Wildman–Crippen MR) is 73.5 cm³/mol. The van der Waals surface area contributed by atoms with E-state index >= 15 is 0 Å². The minimum Gasteiger partial charge on any atom is -0.479 e. The van der Waals surface area contributed by atoms with Crippen LogP contribution in [0.1, 0.15) is 19.4 Å². The van der Waals surface area contributed by atoms with Crippen molar-refractivity contribution in [2.75, 3.05) is 6.61 Å². The molecular formula is C12H14Br2O3. The number of halogens is 2. The van der Waals surface area contributed by atoms with Gasteiger partial charge in [-0.2, -0.15) is 0 Å². The van der Waals surface area contributed by atoms with Crippen molar-refractivity contribution in [3.8, 4) is 5.75 Å². The summed E-state index contributed by atoms with van der Waals surface area (Å²) >= 11 is 6.82. The van der Waals surface area contributed by atoms with Crippen LogP contribution >= 0.6 is 31.9 Å². The van der Waals surface area contributed by atoms with Crippen molar-refractivity contribution in [2.24, 2.45) is 0 Å². The van der Waals surface area contributed by atoms with Gasteiger partial charge < -0.3 is 9.47 Å². The topological polar surface area (TPSA) is 35.5 Å². The highest BCUT2D eigenvalue weighted by Crippen LogP contribution is 2.25. The molecule has 0 aliphatic rings. The Balaban J connectivity index is 2.71. The summed E-state index contributed by atoms with van der Waals surface area (Å²) in [6, 6.07) is 5.59. The van der Waals surface area contributed by atoms with Gasteiger partial charge in [0.25, 0.3) is 0 Å². The Morgan fingerprint density at radius 3 is 2.76 bits per heavy atom. The second-order valence-corrected chi connectivity index (χ2v) is 4.81. The van der Waals surface area contributed by atoms with Gasteiger partial charge in [-0.3, -0.25) is 0 Å². The van der Waals surface area contributed by atoms with Crippen LogP contribution in [-0.4, -0.2) is 18.7 Å². The lowest BCUT2D eigenvalue weighted by atomic mass is 10.2. The van der Waals surface area contributed by atoms with Crippen LogP contribution in [0, 0.1) is 0 Å². The molecule has 5 heteroatoms. The summed E-state index contributed by atoms with van der Waals surface area (Å²) in [6.07, 6.45) is -0.598. The highest BCUT2D eigenvalue weighted by Gasteiger charge is 2.15. The number of hydrogen-bond acceptors (Lipinski definition) is 3. The Morgan fingerprint density at radius 2 is 2.18 bits per heavy atom. The smallest absolute Gasteiger partial charge is 0.347 e. The number of hydrogen-bond donors (Lipinski definition) is 0. The number of benzene rings is 1. The summed E-state index contributed by atoms with van der Waals surface area (Å²) in [4.78, 5) is 11.4. The lowest BCUT2D eigenvalue weighted by Crippen LogP contribution is -2.26. The fourth-order valence-electron chi connectivity index (χ4n) is 1.24. The van der Waals surface area contributed by atoms with Crippen LogP contribution in [0.4, 0.5) is 0 Å². The van der Waals surface area contributed by atoms with Crippen LogP contribution in [0.15, 0.2) is 22.7 Å². The average molecular weight is 366 g/mol. The van der Waals surface area contributed by atoms with Gasteiger partial charge >= 0.3 is 5.97 Å². The monoisotopic (exact) mass is 364 g/mol. The van der Waals surface area contributed by atoms with Gasteiger partial charge in [0.1, 0.15) is 5.75 Å². The molecule has 0 N–H and O–H groups in total. The zero-order valence-electron chi connectivity index (χ0n) is 9.70. The summed E-state index contributed by atoms with van der Waals surface area (Å²) in [5.41, 5.74) is 1.07. The second-order valence-electron chi connectivity index (χ2n) is 3.40. The van der Waals surface area contributed by atoms with E-state index in [0.717, 1.165) is 15.4 Å². The largest absolute Gasteiger partial charge is 0.479 e. The summed E-state index contributed by atoms with van der Waals surface area (Å²) in [5, 5.41) is 0.721. The first kappa shape index (κ1) is 14.5. The van der Waals surface area contributed by atoms with Crippen LogP contribution in [0.25, 0.3) is 0 Å². The third kappa shape index (κ3) is 4.32. The molecule has 1 aromatic rings. The molecule has 0 radical (unpaired) electrons. The zero-order chi connectivity index (χ0) is 12.8. The van der Waals surface area contributed by atoms with Gasteiger partial charge in [-0.1, -0.05) is 31.9 Å². The molecule has 0 spiro atoms. The lowest BCUT2D eigenvalue weighted by molar-refractivity contribution is -0.150. The van der Waals surface area contributed by atoms with E-state index in [0.29, 0.717) is 12.4 Å². The lowest BCUT2D eigenvalue weighted by Gasteiger charge is -2.14. The van der Waals surface area contributed by atoms with Crippen LogP contribution < -0.4 is 4.74 Å². The van der Waals surface area contributed by atoms with Crippen LogP contribution in [0.5, 0.6) is 5.75 Å². The average Bonchev–Trinajstić information content (AvgIpc) is 2.31. The van der Waals surface area contributed by atoms with Crippen molar-refractivity contribution in [1.29, 1.82) is 0 Å². The molecule has 17 heavy (non-hydrogen) atoms. The van der Waals surface area contributed by atoms with E-state index in [1.807, 2.05) is 18.2 Å². The first-order valence-electron chi connectivity index (χ1n) is 5.26. The van der Waals surface area contributed by atoms with Crippen LogP contribution in [-0.2, 0) is 14.9 Å². The highest BCUT2D eigenvalue weighted by atomic mass is 79.9. The van der Waals surface area contributed by atoms with Crippen molar-refractivity contribution in [3.05, 3.63) is 28.2 Å². The van der Waals surface area contributed by atoms with E-state index in [1.54, 1.807) is 13.8 Å². The molecule has 0 saturated carbocycles. The van der Waals surface area contributed by atoms with E-state index in [-0.39, 0.29) is 5.97 Å². The molecule has 1 unspecified atom stereocenters. The Kier molecular flexibility index (Phi) is 5.98. The summed E-state index contributed by atoms with van der Waals surface area (Å²) in [5.74, 6) is 0.305. The standard InChI is InChI=1S/C12H14Br2O3/c1-3-16-12(15)8(2)17-10-4-5-11(14)9(6-10)7-13/h4-6,8H,3,7H2,1-2H3. The first-order chi connectivity index (χ1) is 8.08. The van der Waals surface area contributed by atoms with Gasteiger partial charge in [0.05, 0.1) is 6.61 Å². The number of carbonyl (C=O) groups excluding carboxylic acids is 1. The Morgan fingerprint density at radius 1 is 1.47 bits per heavy atom. The van der Waals surface area contributed by atoms with Crippen molar-refractivity contribution in [2.45, 2.75) is 25.3 Å². The fraction of sp³-hybridized carbons (Fsp3) is 0.417. The second kappa shape index (κ2) is 7.01. The van der Waals surface area contributed by atoms with Crippen LogP contribution in [0.2, 0.25) is 0 Å². The number of alkyl halides is 1. The number of esters is 1. The van der Waals surface area contributed by atoms with Gasteiger partial charge in [-0.05, 0) is 37.6 Å². The first-order valence-corrected chi connectivity index (χ1v) is 7.17. The Labute approximate surface area is 118 Å². The maximum atomic E-state index is 11.4. The molecule has 0 fully saturated rings. The summed E-state index contributed by atoms with van der Waals surface area (Å²) in [6.45, 7) is 3.81.